The minimum atomic E-state index is -0.505. The SMILES string of the molecule is Oc1ccc(CNCC2(O)CCCCC2)cc1. The molecule has 0 bridgehead atoms. The first-order valence-electron chi connectivity index (χ1n) is 6.39. The first-order valence-corrected chi connectivity index (χ1v) is 6.39. The number of rotatable bonds is 4. The monoisotopic (exact) mass is 235 g/mol. The Balaban J connectivity index is 1.77. The predicted molar refractivity (Wildman–Crippen MR) is 67.8 cm³/mol. The fourth-order valence-corrected chi connectivity index (χ4v) is 2.44. The maximum absolute atomic E-state index is 10.3. The average Bonchev–Trinajstić information content (AvgIpc) is 2.32. The summed E-state index contributed by atoms with van der Waals surface area (Å²) in [5.41, 5.74) is 0.622. The van der Waals surface area contributed by atoms with Gasteiger partial charge in [-0.3, -0.25) is 0 Å². The summed E-state index contributed by atoms with van der Waals surface area (Å²) >= 11 is 0. The molecular formula is C14H21NO2. The fourth-order valence-electron chi connectivity index (χ4n) is 2.44. The normalized spacial score (nSPS) is 19.1. The summed E-state index contributed by atoms with van der Waals surface area (Å²) in [4.78, 5) is 0. The largest absolute Gasteiger partial charge is 0.508 e. The van der Waals surface area contributed by atoms with E-state index in [0.717, 1.165) is 37.8 Å². The highest BCUT2D eigenvalue weighted by Gasteiger charge is 2.28. The molecule has 0 atom stereocenters. The molecule has 0 unspecified atom stereocenters. The van der Waals surface area contributed by atoms with Crippen molar-refractivity contribution in [3.8, 4) is 5.75 Å². The van der Waals surface area contributed by atoms with Crippen molar-refractivity contribution in [2.24, 2.45) is 0 Å². The number of phenolic OH excluding ortho intramolecular Hbond substituents is 1. The quantitative estimate of drug-likeness (QED) is 0.749. The number of nitrogens with one attached hydrogen (secondary N) is 1. The van der Waals surface area contributed by atoms with Crippen LogP contribution in [0.3, 0.4) is 0 Å². The minimum absolute atomic E-state index is 0.291. The second-order valence-corrected chi connectivity index (χ2v) is 5.06. The van der Waals surface area contributed by atoms with E-state index in [-0.39, 0.29) is 0 Å². The molecule has 94 valence electrons. The van der Waals surface area contributed by atoms with Crippen LogP contribution in [-0.4, -0.2) is 22.4 Å². The molecule has 3 heteroatoms. The Bertz CT molecular complexity index is 342. The predicted octanol–water partition coefficient (Wildman–Crippen LogP) is 2.18. The van der Waals surface area contributed by atoms with Gasteiger partial charge >= 0.3 is 0 Å². The van der Waals surface area contributed by atoms with Gasteiger partial charge in [0.1, 0.15) is 5.75 Å². The topological polar surface area (TPSA) is 52.5 Å². The van der Waals surface area contributed by atoms with E-state index in [1.807, 2.05) is 12.1 Å². The Morgan fingerprint density at radius 2 is 1.71 bits per heavy atom. The van der Waals surface area contributed by atoms with Gasteiger partial charge < -0.3 is 15.5 Å². The molecule has 0 aliphatic heterocycles. The number of benzene rings is 1. The first-order chi connectivity index (χ1) is 8.18. The first kappa shape index (κ1) is 12.4. The molecular weight excluding hydrogens is 214 g/mol. The van der Waals surface area contributed by atoms with Gasteiger partial charge in [0.15, 0.2) is 0 Å². The van der Waals surface area contributed by atoms with Crippen LogP contribution in [0.15, 0.2) is 24.3 Å². The van der Waals surface area contributed by atoms with Gasteiger partial charge in [-0.1, -0.05) is 31.4 Å². The molecule has 3 N–H and O–H groups in total. The molecule has 0 saturated heterocycles. The Morgan fingerprint density at radius 1 is 1.06 bits per heavy atom. The molecule has 0 radical (unpaired) electrons. The summed E-state index contributed by atoms with van der Waals surface area (Å²) < 4.78 is 0. The molecule has 2 rings (SSSR count). The van der Waals surface area contributed by atoms with E-state index in [1.165, 1.54) is 6.42 Å². The molecule has 1 aromatic rings. The molecule has 1 fully saturated rings. The summed E-state index contributed by atoms with van der Waals surface area (Å²) in [6.07, 6.45) is 5.35. The zero-order valence-corrected chi connectivity index (χ0v) is 10.2. The average molecular weight is 235 g/mol. The highest BCUT2D eigenvalue weighted by molar-refractivity contribution is 5.25. The van der Waals surface area contributed by atoms with Gasteiger partial charge in [-0.25, -0.2) is 0 Å². The molecule has 0 spiro atoms. The van der Waals surface area contributed by atoms with E-state index >= 15 is 0 Å². The molecule has 1 aliphatic carbocycles. The van der Waals surface area contributed by atoms with Crippen LogP contribution in [0.1, 0.15) is 37.7 Å². The lowest BCUT2D eigenvalue weighted by Gasteiger charge is -2.32. The van der Waals surface area contributed by atoms with Crippen molar-refractivity contribution in [3.63, 3.8) is 0 Å². The van der Waals surface area contributed by atoms with Crippen molar-refractivity contribution in [2.75, 3.05) is 6.54 Å². The summed E-state index contributed by atoms with van der Waals surface area (Å²) in [6.45, 7) is 1.40. The number of phenols is 1. The maximum atomic E-state index is 10.3. The van der Waals surface area contributed by atoms with Crippen LogP contribution in [0.2, 0.25) is 0 Å². The van der Waals surface area contributed by atoms with Crippen molar-refractivity contribution in [2.45, 2.75) is 44.2 Å². The van der Waals surface area contributed by atoms with E-state index in [4.69, 9.17) is 5.11 Å². The summed E-state index contributed by atoms with van der Waals surface area (Å²) in [5.74, 6) is 0.291. The van der Waals surface area contributed by atoms with Crippen molar-refractivity contribution in [1.29, 1.82) is 0 Å². The molecule has 1 aromatic carbocycles. The van der Waals surface area contributed by atoms with E-state index in [1.54, 1.807) is 12.1 Å². The van der Waals surface area contributed by atoms with Crippen LogP contribution in [0.4, 0.5) is 0 Å². The van der Waals surface area contributed by atoms with Gasteiger partial charge in [0.25, 0.3) is 0 Å². The van der Waals surface area contributed by atoms with Crippen LogP contribution in [0.5, 0.6) is 5.75 Å². The smallest absolute Gasteiger partial charge is 0.115 e. The van der Waals surface area contributed by atoms with Crippen molar-refractivity contribution < 1.29 is 10.2 Å². The lowest BCUT2D eigenvalue weighted by Crippen LogP contribution is -2.41. The molecule has 3 nitrogen and oxygen atoms in total. The fraction of sp³-hybridized carbons (Fsp3) is 0.571. The Morgan fingerprint density at radius 3 is 2.35 bits per heavy atom. The van der Waals surface area contributed by atoms with E-state index < -0.39 is 5.60 Å². The number of aromatic hydroxyl groups is 1. The molecule has 1 aliphatic rings. The maximum Gasteiger partial charge on any atom is 0.115 e. The third kappa shape index (κ3) is 3.72. The lowest BCUT2D eigenvalue weighted by atomic mass is 9.85. The van der Waals surface area contributed by atoms with E-state index in [2.05, 4.69) is 5.32 Å². The third-order valence-corrected chi connectivity index (χ3v) is 3.50. The number of aliphatic hydroxyl groups is 1. The molecule has 17 heavy (non-hydrogen) atoms. The van der Waals surface area contributed by atoms with Gasteiger partial charge in [-0.2, -0.15) is 0 Å². The zero-order valence-electron chi connectivity index (χ0n) is 10.2. The molecule has 0 amide bonds. The lowest BCUT2D eigenvalue weighted by molar-refractivity contribution is 0.00467. The van der Waals surface area contributed by atoms with Crippen LogP contribution in [0, 0.1) is 0 Å². The van der Waals surface area contributed by atoms with E-state index in [0.29, 0.717) is 12.3 Å². The summed E-state index contributed by atoms with van der Waals surface area (Å²) in [6, 6.07) is 7.17. The van der Waals surface area contributed by atoms with Gasteiger partial charge in [0, 0.05) is 13.1 Å². The van der Waals surface area contributed by atoms with Gasteiger partial charge in [0.2, 0.25) is 0 Å². The Kier molecular flexibility index (Phi) is 4.02. The molecule has 0 aromatic heterocycles. The standard InChI is InChI=1S/C14H21NO2/c16-13-6-4-12(5-7-13)10-15-11-14(17)8-2-1-3-9-14/h4-7,15-17H,1-3,8-11H2. The second kappa shape index (κ2) is 5.52. The van der Waals surface area contributed by atoms with Crippen molar-refractivity contribution >= 4 is 0 Å². The highest BCUT2D eigenvalue weighted by atomic mass is 16.3. The van der Waals surface area contributed by atoms with Gasteiger partial charge in [0.05, 0.1) is 5.60 Å². The summed E-state index contributed by atoms with van der Waals surface area (Å²) in [7, 11) is 0. The molecule has 0 heterocycles. The molecule has 1 saturated carbocycles. The van der Waals surface area contributed by atoms with E-state index in [9.17, 15) is 5.11 Å². The second-order valence-electron chi connectivity index (χ2n) is 5.06. The van der Waals surface area contributed by atoms with Crippen LogP contribution >= 0.6 is 0 Å². The van der Waals surface area contributed by atoms with Crippen LogP contribution in [-0.2, 0) is 6.54 Å². The van der Waals surface area contributed by atoms with Crippen molar-refractivity contribution in [1.82, 2.24) is 5.32 Å². The van der Waals surface area contributed by atoms with Gasteiger partial charge in [-0.05, 0) is 30.5 Å². The Hall–Kier alpha value is -1.06. The third-order valence-electron chi connectivity index (χ3n) is 3.50. The summed E-state index contributed by atoms with van der Waals surface area (Å²) in [5, 5.41) is 22.8. The van der Waals surface area contributed by atoms with Crippen LogP contribution < -0.4 is 5.32 Å². The highest BCUT2D eigenvalue weighted by Crippen LogP contribution is 2.27. The minimum Gasteiger partial charge on any atom is -0.508 e. The van der Waals surface area contributed by atoms with Crippen LogP contribution in [0.25, 0.3) is 0 Å². The van der Waals surface area contributed by atoms with Crippen molar-refractivity contribution in [3.05, 3.63) is 29.8 Å². The number of hydrogen-bond acceptors (Lipinski definition) is 3. The Labute approximate surface area is 102 Å². The number of hydrogen-bond donors (Lipinski definition) is 3. The zero-order chi connectivity index (χ0) is 12.1. The van der Waals surface area contributed by atoms with Gasteiger partial charge in [-0.15, -0.1) is 0 Å².